The van der Waals surface area contributed by atoms with Crippen molar-refractivity contribution in [1.82, 2.24) is 10.2 Å². The lowest BCUT2D eigenvalue weighted by atomic mass is 10.1. The van der Waals surface area contributed by atoms with E-state index < -0.39 is 6.04 Å². The van der Waals surface area contributed by atoms with Gasteiger partial charge in [0.25, 0.3) is 5.91 Å². The molecule has 0 aromatic heterocycles. The molecular weight excluding hydrogens is 362 g/mol. The highest BCUT2D eigenvalue weighted by Crippen LogP contribution is 2.22. The highest BCUT2D eigenvalue weighted by atomic mass is 35.5. The molecule has 2 amide bonds. The predicted octanol–water partition coefficient (Wildman–Crippen LogP) is 3.46. The number of hydrogen-bond donors (Lipinski definition) is 2. The van der Waals surface area contributed by atoms with Gasteiger partial charge in [-0.1, -0.05) is 37.3 Å². The fraction of sp³-hybridized carbons (Fsp3) is 0.333. The van der Waals surface area contributed by atoms with E-state index in [-0.39, 0.29) is 24.2 Å². The monoisotopic (exact) mass is 387 g/mol. The van der Waals surface area contributed by atoms with Crippen molar-refractivity contribution in [3.8, 4) is 0 Å². The van der Waals surface area contributed by atoms with Crippen molar-refractivity contribution in [2.24, 2.45) is 0 Å². The second-order valence-electron chi connectivity index (χ2n) is 6.49. The summed E-state index contributed by atoms with van der Waals surface area (Å²) in [5.41, 5.74) is 2.51. The SMILES string of the molecule is CCNCc1cccc(NC(=O)C2CCCN2C(=O)c2ccccc2)c1.Cl. The van der Waals surface area contributed by atoms with E-state index in [4.69, 9.17) is 0 Å². The van der Waals surface area contributed by atoms with Gasteiger partial charge in [0.15, 0.2) is 0 Å². The summed E-state index contributed by atoms with van der Waals surface area (Å²) in [5.74, 6) is -0.198. The molecular formula is C21H26ClN3O2. The molecule has 3 rings (SSSR count). The van der Waals surface area contributed by atoms with E-state index in [1.165, 1.54) is 0 Å². The summed E-state index contributed by atoms with van der Waals surface area (Å²) in [5, 5.41) is 6.25. The normalized spacial score (nSPS) is 15.9. The summed E-state index contributed by atoms with van der Waals surface area (Å²) in [7, 11) is 0. The maximum absolute atomic E-state index is 12.8. The van der Waals surface area contributed by atoms with Gasteiger partial charge >= 0.3 is 0 Å². The summed E-state index contributed by atoms with van der Waals surface area (Å²) in [6.45, 7) is 4.34. The van der Waals surface area contributed by atoms with Crippen LogP contribution in [0.2, 0.25) is 0 Å². The van der Waals surface area contributed by atoms with Gasteiger partial charge in [0.05, 0.1) is 0 Å². The molecule has 0 spiro atoms. The topological polar surface area (TPSA) is 61.4 Å². The Morgan fingerprint density at radius 2 is 1.89 bits per heavy atom. The Kier molecular flexibility index (Phi) is 7.82. The molecule has 0 aliphatic carbocycles. The van der Waals surface area contributed by atoms with Crippen molar-refractivity contribution in [1.29, 1.82) is 0 Å². The summed E-state index contributed by atoms with van der Waals surface area (Å²) < 4.78 is 0. The summed E-state index contributed by atoms with van der Waals surface area (Å²) in [4.78, 5) is 27.2. The number of likely N-dealkylation sites (tertiary alicyclic amines) is 1. The van der Waals surface area contributed by atoms with Crippen LogP contribution in [0.5, 0.6) is 0 Å². The largest absolute Gasteiger partial charge is 0.327 e. The van der Waals surface area contributed by atoms with E-state index in [0.717, 1.165) is 30.8 Å². The van der Waals surface area contributed by atoms with Crippen LogP contribution < -0.4 is 10.6 Å². The zero-order valence-electron chi connectivity index (χ0n) is 15.5. The molecule has 1 atom stereocenters. The van der Waals surface area contributed by atoms with Gasteiger partial charge in [0.1, 0.15) is 6.04 Å². The fourth-order valence-electron chi connectivity index (χ4n) is 3.28. The maximum atomic E-state index is 12.8. The second-order valence-corrected chi connectivity index (χ2v) is 6.49. The Hall–Kier alpha value is -2.37. The molecule has 1 aliphatic heterocycles. The zero-order valence-corrected chi connectivity index (χ0v) is 16.3. The van der Waals surface area contributed by atoms with E-state index in [0.29, 0.717) is 18.5 Å². The van der Waals surface area contributed by atoms with Crippen LogP contribution in [0, 0.1) is 0 Å². The van der Waals surface area contributed by atoms with Gasteiger partial charge in [-0.25, -0.2) is 0 Å². The molecule has 0 bridgehead atoms. The molecule has 2 aromatic rings. The first-order valence-electron chi connectivity index (χ1n) is 9.15. The summed E-state index contributed by atoms with van der Waals surface area (Å²) in [6.07, 6.45) is 1.54. The van der Waals surface area contributed by atoms with Gasteiger partial charge in [-0.2, -0.15) is 0 Å². The number of anilines is 1. The number of benzene rings is 2. The van der Waals surface area contributed by atoms with Crippen LogP contribution in [-0.4, -0.2) is 35.8 Å². The Balaban J connectivity index is 0.00000261. The van der Waals surface area contributed by atoms with Gasteiger partial charge < -0.3 is 15.5 Å². The Labute approximate surface area is 166 Å². The number of amides is 2. The van der Waals surface area contributed by atoms with Crippen LogP contribution in [0.3, 0.4) is 0 Å². The number of nitrogens with one attached hydrogen (secondary N) is 2. The molecule has 1 fully saturated rings. The Bertz CT molecular complexity index is 767. The molecule has 144 valence electrons. The molecule has 0 radical (unpaired) electrons. The van der Waals surface area contributed by atoms with Crippen molar-refractivity contribution in [3.63, 3.8) is 0 Å². The number of hydrogen-bond acceptors (Lipinski definition) is 3. The lowest BCUT2D eigenvalue weighted by Gasteiger charge is -2.24. The van der Waals surface area contributed by atoms with Crippen LogP contribution in [-0.2, 0) is 11.3 Å². The molecule has 0 saturated carbocycles. The molecule has 1 aliphatic rings. The van der Waals surface area contributed by atoms with E-state index in [1.807, 2.05) is 42.5 Å². The highest BCUT2D eigenvalue weighted by Gasteiger charge is 2.34. The lowest BCUT2D eigenvalue weighted by Crippen LogP contribution is -2.43. The van der Waals surface area contributed by atoms with E-state index in [2.05, 4.69) is 17.6 Å². The average Bonchev–Trinajstić information content (AvgIpc) is 3.17. The molecule has 2 N–H and O–H groups in total. The first-order valence-corrected chi connectivity index (χ1v) is 9.15. The smallest absolute Gasteiger partial charge is 0.254 e. The quantitative estimate of drug-likeness (QED) is 0.797. The molecule has 5 nitrogen and oxygen atoms in total. The van der Waals surface area contributed by atoms with Gasteiger partial charge in [0.2, 0.25) is 5.91 Å². The zero-order chi connectivity index (χ0) is 18.4. The van der Waals surface area contributed by atoms with E-state index in [9.17, 15) is 9.59 Å². The number of rotatable bonds is 6. The first-order chi connectivity index (χ1) is 12.7. The Morgan fingerprint density at radius 3 is 2.63 bits per heavy atom. The van der Waals surface area contributed by atoms with Crippen LogP contribution in [0.1, 0.15) is 35.7 Å². The maximum Gasteiger partial charge on any atom is 0.254 e. The van der Waals surface area contributed by atoms with Gasteiger partial charge in [0, 0.05) is 24.3 Å². The molecule has 2 aromatic carbocycles. The van der Waals surface area contributed by atoms with Crippen molar-refractivity contribution in [2.75, 3.05) is 18.4 Å². The van der Waals surface area contributed by atoms with Gasteiger partial charge in [-0.05, 0) is 49.2 Å². The number of halogens is 1. The van der Waals surface area contributed by atoms with Crippen LogP contribution >= 0.6 is 12.4 Å². The minimum atomic E-state index is -0.417. The van der Waals surface area contributed by atoms with Crippen molar-refractivity contribution in [3.05, 3.63) is 65.7 Å². The molecule has 1 heterocycles. The summed E-state index contributed by atoms with van der Waals surface area (Å²) >= 11 is 0. The first kappa shape index (κ1) is 20.9. The third-order valence-corrected chi connectivity index (χ3v) is 4.61. The molecule has 1 unspecified atom stereocenters. The van der Waals surface area contributed by atoms with Gasteiger partial charge in [-0.15, -0.1) is 12.4 Å². The standard InChI is InChI=1S/C21H25N3O2.ClH/c1-2-22-15-16-8-6-11-18(14-16)23-20(25)19-12-7-13-24(19)21(26)17-9-4-3-5-10-17;/h3-6,8-11,14,19,22H,2,7,12-13,15H2,1H3,(H,23,25);1H. The highest BCUT2D eigenvalue weighted by molar-refractivity contribution is 6.01. The van der Waals surface area contributed by atoms with Crippen LogP contribution in [0.4, 0.5) is 5.69 Å². The van der Waals surface area contributed by atoms with Gasteiger partial charge in [-0.3, -0.25) is 9.59 Å². The minimum Gasteiger partial charge on any atom is -0.327 e. The third kappa shape index (κ3) is 5.31. The fourth-order valence-corrected chi connectivity index (χ4v) is 3.28. The second kappa shape index (κ2) is 10.1. The van der Waals surface area contributed by atoms with Crippen molar-refractivity contribution >= 4 is 29.9 Å². The predicted molar refractivity (Wildman–Crippen MR) is 110 cm³/mol. The van der Waals surface area contributed by atoms with Crippen molar-refractivity contribution in [2.45, 2.75) is 32.4 Å². The van der Waals surface area contributed by atoms with E-state index in [1.54, 1.807) is 17.0 Å². The number of carbonyl (C=O) groups is 2. The number of carbonyl (C=O) groups excluding carboxylic acids is 2. The third-order valence-electron chi connectivity index (χ3n) is 4.61. The molecule has 27 heavy (non-hydrogen) atoms. The minimum absolute atomic E-state index is 0. The average molecular weight is 388 g/mol. The van der Waals surface area contributed by atoms with Crippen molar-refractivity contribution < 1.29 is 9.59 Å². The Morgan fingerprint density at radius 1 is 1.11 bits per heavy atom. The molecule has 1 saturated heterocycles. The number of nitrogens with zero attached hydrogens (tertiary/aromatic N) is 1. The lowest BCUT2D eigenvalue weighted by molar-refractivity contribution is -0.119. The summed E-state index contributed by atoms with van der Waals surface area (Å²) in [6, 6.07) is 16.5. The van der Waals surface area contributed by atoms with Crippen LogP contribution in [0.15, 0.2) is 54.6 Å². The van der Waals surface area contributed by atoms with Crippen LogP contribution in [0.25, 0.3) is 0 Å². The van der Waals surface area contributed by atoms with E-state index >= 15 is 0 Å². The molecule has 6 heteroatoms.